The van der Waals surface area contributed by atoms with Crippen molar-refractivity contribution in [2.45, 2.75) is 25.9 Å². The lowest BCUT2D eigenvalue weighted by molar-refractivity contribution is 0.0974. The van der Waals surface area contributed by atoms with Gasteiger partial charge in [0.15, 0.2) is 0 Å². The minimum atomic E-state index is -0.146. The molecule has 4 nitrogen and oxygen atoms in total. The molecule has 0 bridgehead atoms. The molecule has 3 rings (SSSR count). The molecule has 1 aromatic carbocycles. The number of benzene rings is 1. The topological polar surface area (TPSA) is 55.7 Å². The number of aromatic hydroxyl groups is 1. The van der Waals surface area contributed by atoms with E-state index in [1.54, 1.807) is 6.07 Å². The summed E-state index contributed by atoms with van der Waals surface area (Å²) in [6, 6.07) is 5.46. The van der Waals surface area contributed by atoms with Gasteiger partial charge in [-0.15, -0.1) is 0 Å². The molecule has 0 aromatic heterocycles. The monoisotopic (exact) mass is 260 g/mol. The highest BCUT2D eigenvalue weighted by Crippen LogP contribution is 2.36. The first-order valence-electron chi connectivity index (χ1n) is 6.85. The summed E-state index contributed by atoms with van der Waals surface area (Å²) in [7, 11) is 0. The van der Waals surface area contributed by atoms with Gasteiger partial charge in [-0.25, -0.2) is 0 Å². The largest absolute Gasteiger partial charge is 0.508 e. The molecule has 0 spiro atoms. The van der Waals surface area contributed by atoms with E-state index in [9.17, 15) is 10.2 Å². The molecule has 3 N–H and O–H groups in total. The van der Waals surface area contributed by atoms with E-state index in [-0.39, 0.29) is 6.10 Å². The number of phenolic OH excluding ortho intramolecular Hbond substituents is 1. The molecule has 0 atom stereocenters. The Hall–Kier alpha value is -1.68. The summed E-state index contributed by atoms with van der Waals surface area (Å²) in [6.45, 7) is 4.76. The highest BCUT2D eigenvalue weighted by atomic mass is 16.3. The van der Waals surface area contributed by atoms with Crippen LogP contribution in [0.2, 0.25) is 0 Å². The Bertz CT molecular complexity index is 517. The van der Waals surface area contributed by atoms with Crippen LogP contribution in [0.25, 0.3) is 5.57 Å². The molecule has 0 saturated carbocycles. The predicted octanol–water partition coefficient (Wildman–Crippen LogP) is 2.01. The van der Waals surface area contributed by atoms with Gasteiger partial charge in [-0.3, -0.25) is 0 Å². The van der Waals surface area contributed by atoms with Crippen molar-refractivity contribution in [2.75, 3.05) is 25.0 Å². The maximum atomic E-state index is 9.64. The Kier molecular flexibility index (Phi) is 3.11. The van der Waals surface area contributed by atoms with Gasteiger partial charge >= 0.3 is 0 Å². The molecule has 0 radical (unpaired) electrons. The molecule has 0 unspecified atom stereocenters. The molecule has 102 valence electrons. The number of rotatable bonds is 1. The number of piperidine rings is 1. The van der Waals surface area contributed by atoms with Crippen molar-refractivity contribution in [1.82, 2.24) is 4.90 Å². The van der Waals surface area contributed by atoms with Crippen LogP contribution in [0.1, 0.15) is 25.3 Å². The maximum absolute atomic E-state index is 9.64. The molecule has 0 aliphatic carbocycles. The smallest absolute Gasteiger partial charge is 0.116 e. The van der Waals surface area contributed by atoms with E-state index in [1.165, 1.54) is 11.3 Å². The number of aliphatic hydroxyl groups is 1. The highest BCUT2D eigenvalue weighted by Gasteiger charge is 2.23. The molecule has 1 fully saturated rings. The summed E-state index contributed by atoms with van der Waals surface area (Å²) in [5.74, 6) is 0.307. The zero-order chi connectivity index (χ0) is 13.4. The van der Waals surface area contributed by atoms with E-state index < -0.39 is 0 Å². The Morgan fingerprint density at radius 2 is 2.05 bits per heavy atom. The lowest BCUT2D eigenvalue weighted by Gasteiger charge is -2.33. The number of allylic oxidation sites excluding steroid dienone is 1. The Balaban J connectivity index is 1.90. The third-order valence-electron chi connectivity index (χ3n) is 4.16. The lowest BCUT2D eigenvalue weighted by Crippen LogP contribution is -2.35. The number of aliphatic hydroxyl groups excluding tert-OH is 1. The molecule has 1 saturated heterocycles. The van der Waals surface area contributed by atoms with Gasteiger partial charge in [-0.05, 0) is 43.5 Å². The van der Waals surface area contributed by atoms with Crippen molar-refractivity contribution >= 4 is 11.3 Å². The van der Waals surface area contributed by atoms with Crippen molar-refractivity contribution in [1.29, 1.82) is 0 Å². The average molecular weight is 260 g/mol. The number of nitrogens with zero attached hydrogens (tertiary/aromatic N) is 1. The number of hydrogen-bond donors (Lipinski definition) is 3. The second-order valence-electron chi connectivity index (χ2n) is 5.37. The Morgan fingerprint density at radius 3 is 2.79 bits per heavy atom. The predicted molar refractivity (Wildman–Crippen MR) is 76.0 cm³/mol. The normalized spacial score (nSPS) is 22.1. The number of hydrogen-bond acceptors (Lipinski definition) is 4. The molecule has 0 amide bonds. The van der Waals surface area contributed by atoms with Crippen molar-refractivity contribution in [3.63, 3.8) is 0 Å². The van der Waals surface area contributed by atoms with E-state index in [4.69, 9.17) is 0 Å². The van der Waals surface area contributed by atoms with E-state index in [0.717, 1.165) is 43.7 Å². The molecule has 2 heterocycles. The van der Waals surface area contributed by atoms with Crippen molar-refractivity contribution in [2.24, 2.45) is 0 Å². The van der Waals surface area contributed by atoms with Crippen LogP contribution in [0.4, 0.5) is 5.69 Å². The number of likely N-dealkylation sites (tertiary alicyclic amines) is 1. The third kappa shape index (κ3) is 2.28. The zero-order valence-corrected chi connectivity index (χ0v) is 11.2. The fourth-order valence-corrected chi connectivity index (χ4v) is 2.93. The van der Waals surface area contributed by atoms with Crippen LogP contribution in [0.3, 0.4) is 0 Å². The quantitative estimate of drug-likeness (QED) is 0.676. The number of phenols is 1. The van der Waals surface area contributed by atoms with E-state index >= 15 is 0 Å². The SMILES string of the molecule is C/C(=C1\CNc2ccc(O)cc21)N1CCC(O)CC1. The van der Waals surface area contributed by atoms with Crippen molar-refractivity contribution in [3.05, 3.63) is 29.5 Å². The van der Waals surface area contributed by atoms with Crippen molar-refractivity contribution < 1.29 is 10.2 Å². The summed E-state index contributed by atoms with van der Waals surface area (Å²) in [5, 5.41) is 22.6. The Labute approximate surface area is 113 Å². The van der Waals surface area contributed by atoms with Gasteiger partial charge in [0.1, 0.15) is 5.75 Å². The van der Waals surface area contributed by atoms with Gasteiger partial charge in [0, 0.05) is 36.6 Å². The van der Waals surface area contributed by atoms with Crippen LogP contribution in [0.5, 0.6) is 5.75 Å². The summed E-state index contributed by atoms with van der Waals surface area (Å²) in [4.78, 5) is 2.34. The molecular weight excluding hydrogens is 240 g/mol. The first kappa shape index (κ1) is 12.4. The summed E-state index contributed by atoms with van der Waals surface area (Å²) in [5.41, 5.74) is 4.69. The molecule has 19 heavy (non-hydrogen) atoms. The number of fused-ring (bicyclic) bond motifs is 1. The van der Waals surface area contributed by atoms with Gasteiger partial charge in [-0.1, -0.05) is 0 Å². The first-order chi connectivity index (χ1) is 9.15. The Morgan fingerprint density at radius 1 is 1.32 bits per heavy atom. The van der Waals surface area contributed by atoms with Gasteiger partial charge in [0.2, 0.25) is 0 Å². The standard InChI is InChI=1S/C15H20N2O2/c1-10(17-6-4-11(18)5-7-17)14-9-16-15-3-2-12(19)8-13(14)15/h2-3,8,11,16,18-19H,4-7,9H2,1H3/b14-10-. The van der Waals surface area contributed by atoms with Crippen LogP contribution in [-0.2, 0) is 0 Å². The van der Waals surface area contributed by atoms with Crippen molar-refractivity contribution in [3.8, 4) is 5.75 Å². The second kappa shape index (κ2) is 4.78. The lowest BCUT2D eigenvalue weighted by atomic mass is 10.0. The second-order valence-corrected chi connectivity index (χ2v) is 5.37. The summed E-state index contributed by atoms with van der Waals surface area (Å²) >= 11 is 0. The first-order valence-corrected chi connectivity index (χ1v) is 6.85. The van der Waals surface area contributed by atoms with E-state index in [1.807, 2.05) is 12.1 Å². The number of nitrogens with one attached hydrogen (secondary N) is 1. The zero-order valence-electron chi connectivity index (χ0n) is 11.2. The molecule has 2 aliphatic heterocycles. The molecule has 2 aliphatic rings. The van der Waals surface area contributed by atoms with Gasteiger partial charge < -0.3 is 20.4 Å². The van der Waals surface area contributed by atoms with Crippen LogP contribution in [0, 0.1) is 0 Å². The third-order valence-corrected chi connectivity index (χ3v) is 4.16. The van der Waals surface area contributed by atoms with Gasteiger partial charge in [-0.2, -0.15) is 0 Å². The van der Waals surface area contributed by atoms with Crippen LogP contribution in [-0.4, -0.2) is 40.9 Å². The van der Waals surface area contributed by atoms with Crippen LogP contribution in [0.15, 0.2) is 23.9 Å². The minimum absolute atomic E-state index is 0.146. The minimum Gasteiger partial charge on any atom is -0.508 e. The average Bonchev–Trinajstić information content (AvgIpc) is 2.81. The molecule has 4 heteroatoms. The van der Waals surface area contributed by atoms with Gasteiger partial charge in [0.05, 0.1) is 6.10 Å². The molecular formula is C15H20N2O2. The summed E-state index contributed by atoms with van der Waals surface area (Å²) < 4.78 is 0. The maximum Gasteiger partial charge on any atom is 0.116 e. The molecule has 1 aromatic rings. The number of anilines is 1. The van der Waals surface area contributed by atoms with E-state index in [0.29, 0.717) is 5.75 Å². The van der Waals surface area contributed by atoms with E-state index in [2.05, 4.69) is 17.1 Å². The highest BCUT2D eigenvalue weighted by molar-refractivity contribution is 5.86. The van der Waals surface area contributed by atoms with Crippen LogP contribution >= 0.6 is 0 Å². The fraction of sp³-hybridized carbons (Fsp3) is 0.467. The fourth-order valence-electron chi connectivity index (χ4n) is 2.93. The van der Waals surface area contributed by atoms with Gasteiger partial charge in [0.25, 0.3) is 0 Å². The van der Waals surface area contributed by atoms with Crippen LogP contribution < -0.4 is 5.32 Å². The summed E-state index contributed by atoms with van der Waals surface area (Å²) in [6.07, 6.45) is 1.53.